The second kappa shape index (κ2) is 4.07. The molecule has 0 bridgehead atoms. The van der Waals surface area contributed by atoms with Crippen LogP contribution in [0.1, 0.15) is 13.3 Å². The zero-order valence-corrected chi connectivity index (χ0v) is 6.20. The van der Waals surface area contributed by atoms with Crippen LogP contribution in [0.25, 0.3) is 0 Å². The van der Waals surface area contributed by atoms with Crippen molar-refractivity contribution in [3.05, 3.63) is 17.6 Å². The molecule has 5 heteroatoms. The smallest absolute Gasteiger partial charge is 0.300 e. The van der Waals surface area contributed by atoms with E-state index in [1.807, 2.05) is 0 Å². The summed E-state index contributed by atoms with van der Waals surface area (Å²) in [5.41, 5.74) is 1.33. The van der Waals surface area contributed by atoms with E-state index < -0.39 is 12.0 Å². The van der Waals surface area contributed by atoms with E-state index in [0.717, 1.165) is 0 Å². The van der Waals surface area contributed by atoms with Gasteiger partial charge in [0, 0.05) is 6.42 Å². The average Bonchev–Trinajstić information content (AvgIpc) is 1.84. The minimum atomic E-state index is -5.01. The molecule has 0 amide bonds. The molecular weight excluding hydrogens is 176 g/mol. The molecule has 0 saturated carbocycles. The fourth-order valence-corrected chi connectivity index (χ4v) is 0.366. The van der Waals surface area contributed by atoms with Crippen LogP contribution >= 0.6 is 0 Å². The van der Waals surface area contributed by atoms with Gasteiger partial charge in [0.1, 0.15) is 5.78 Å². The molecule has 0 aromatic carbocycles. The van der Waals surface area contributed by atoms with Crippen LogP contribution in [0.2, 0.25) is 0 Å². The van der Waals surface area contributed by atoms with Crippen LogP contribution in [-0.2, 0) is 4.79 Å². The first-order valence-electron chi connectivity index (χ1n) is 3.01. The Morgan fingerprint density at radius 2 is 2.00 bits per heavy atom. The molecule has 0 atom stereocenters. The molecule has 12 heavy (non-hydrogen) atoms. The van der Waals surface area contributed by atoms with E-state index in [0.29, 0.717) is 6.08 Å². The van der Waals surface area contributed by atoms with Crippen LogP contribution in [-0.4, -0.2) is 12.0 Å². The van der Waals surface area contributed by atoms with Gasteiger partial charge in [-0.3, -0.25) is 4.79 Å². The second-order valence-electron chi connectivity index (χ2n) is 2.07. The van der Waals surface area contributed by atoms with Crippen LogP contribution in [0.15, 0.2) is 17.6 Å². The van der Waals surface area contributed by atoms with Crippen molar-refractivity contribution in [2.75, 3.05) is 0 Å². The van der Waals surface area contributed by atoms with E-state index in [1.54, 1.807) is 0 Å². The third-order valence-corrected chi connectivity index (χ3v) is 0.867. The molecule has 0 aliphatic heterocycles. The monoisotopic (exact) mass is 182 g/mol. The highest BCUT2D eigenvalue weighted by atomic mass is 19.4. The van der Waals surface area contributed by atoms with Gasteiger partial charge in [0.2, 0.25) is 5.83 Å². The van der Waals surface area contributed by atoms with Gasteiger partial charge in [-0.2, -0.15) is 17.6 Å². The van der Waals surface area contributed by atoms with E-state index >= 15 is 0 Å². The number of hydrogen-bond donors (Lipinski definition) is 0. The summed E-state index contributed by atoms with van der Waals surface area (Å²) in [4.78, 5) is 10.2. The summed E-state index contributed by atoms with van der Waals surface area (Å²) in [5.74, 6) is -2.67. The van der Waals surface area contributed by atoms with Crippen LogP contribution in [0.4, 0.5) is 17.6 Å². The van der Waals surface area contributed by atoms with E-state index in [4.69, 9.17) is 0 Å². The average molecular weight is 182 g/mol. The predicted molar refractivity (Wildman–Crippen MR) is 34.1 cm³/mol. The van der Waals surface area contributed by atoms with Crippen molar-refractivity contribution in [3.63, 3.8) is 0 Å². The Bertz CT molecular complexity index is 232. The second-order valence-corrected chi connectivity index (χ2v) is 2.07. The number of carbonyl (C=O) groups excluding carboxylic acids is 1. The lowest BCUT2D eigenvalue weighted by molar-refractivity contribution is -0.116. The van der Waals surface area contributed by atoms with Crippen molar-refractivity contribution >= 4 is 5.78 Å². The molecule has 0 spiro atoms. The van der Waals surface area contributed by atoms with Gasteiger partial charge in [-0.25, -0.2) is 0 Å². The van der Waals surface area contributed by atoms with E-state index in [2.05, 4.69) is 0 Å². The highest BCUT2D eigenvalue weighted by Gasteiger charge is 2.34. The Labute approximate surface area is 66.4 Å². The Hall–Kier alpha value is -1.09. The minimum Gasteiger partial charge on any atom is -0.300 e. The maximum Gasteiger partial charge on any atom is 0.450 e. The normalized spacial score (nSPS) is 10.4. The van der Waals surface area contributed by atoms with Crippen molar-refractivity contribution in [1.82, 2.24) is 0 Å². The summed E-state index contributed by atoms with van der Waals surface area (Å²) in [7, 11) is 0. The van der Waals surface area contributed by atoms with Crippen molar-refractivity contribution in [2.45, 2.75) is 19.5 Å². The Kier molecular flexibility index (Phi) is 3.70. The fraction of sp³-hybridized carbons (Fsp3) is 0.429. The molecule has 0 N–H and O–H groups in total. The summed E-state index contributed by atoms with van der Waals surface area (Å²) in [6, 6.07) is 0. The third kappa shape index (κ3) is 4.68. The summed E-state index contributed by atoms with van der Waals surface area (Å²) in [6.07, 6.45) is -4.54. The van der Waals surface area contributed by atoms with Gasteiger partial charge in [0.15, 0.2) is 0 Å². The van der Waals surface area contributed by atoms with Crippen LogP contribution in [0, 0.1) is 0 Å². The van der Waals surface area contributed by atoms with Gasteiger partial charge < -0.3 is 0 Å². The fourth-order valence-electron chi connectivity index (χ4n) is 0.366. The number of carbonyl (C=O) groups is 1. The zero-order valence-electron chi connectivity index (χ0n) is 6.20. The van der Waals surface area contributed by atoms with E-state index in [-0.39, 0.29) is 12.2 Å². The number of hydrogen-bond acceptors (Lipinski definition) is 1. The highest BCUT2D eigenvalue weighted by molar-refractivity contribution is 5.76. The Morgan fingerprint density at radius 1 is 1.50 bits per heavy atom. The summed E-state index contributed by atoms with van der Waals surface area (Å²) in [6.45, 7) is 1.18. The number of alkyl halides is 3. The van der Waals surface area contributed by atoms with Gasteiger partial charge in [-0.15, -0.1) is 0 Å². The lowest BCUT2D eigenvalue weighted by atomic mass is 10.3. The van der Waals surface area contributed by atoms with Gasteiger partial charge >= 0.3 is 6.18 Å². The standard InChI is InChI=1S/C7H6F4O/c1-5(12)3-2-4-6(8)7(9,10)11/h2H,3H2,1H3. The van der Waals surface area contributed by atoms with Crippen molar-refractivity contribution in [1.29, 1.82) is 0 Å². The number of rotatable bonds is 2. The summed E-state index contributed by atoms with van der Waals surface area (Å²) >= 11 is 0. The molecule has 0 fully saturated rings. The molecular formula is C7H6F4O. The van der Waals surface area contributed by atoms with E-state index in [1.165, 1.54) is 12.7 Å². The quantitative estimate of drug-likeness (QED) is 0.473. The molecule has 0 unspecified atom stereocenters. The third-order valence-electron chi connectivity index (χ3n) is 0.867. The number of Topliss-reactive ketones (excluding diaryl/α,β-unsaturated/α-hetero) is 1. The van der Waals surface area contributed by atoms with Crippen molar-refractivity contribution in [3.8, 4) is 0 Å². The summed E-state index contributed by atoms with van der Waals surface area (Å²) in [5, 5.41) is 0. The first-order valence-corrected chi connectivity index (χ1v) is 3.01. The molecule has 0 aliphatic rings. The van der Waals surface area contributed by atoms with Gasteiger partial charge in [0.05, 0.1) is 0 Å². The molecule has 0 aromatic heterocycles. The number of ketones is 1. The first-order chi connectivity index (χ1) is 5.34. The van der Waals surface area contributed by atoms with Crippen LogP contribution in [0.5, 0.6) is 0 Å². The first kappa shape index (κ1) is 10.9. The predicted octanol–water partition coefficient (Wildman–Crippen LogP) is 2.54. The topological polar surface area (TPSA) is 17.1 Å². The number of halogens is 4. The van der Waals surface area contributed by atoms with Gasteiger partial charge in [-0.05, 0) is 13.0 Å². The maximum atomic E-state index is 11.9. The highest BCUT2D eigenvalue weighted by Crippen LogP contribution is 2.25. The molecule has 0 heterocycles. The van der Waals surface area contributed by atoms with Crippen molar-refractivity contribution in [2.24, 2.45) is 0 Å². The molecule has 0 saturated heterocycles. The maximum absolute atomic E-state index is 11.9. The lowest BCUT2D eigenvalue weighted by Crippen LogP contribution is -2.06. The van der Waals surface area contributed by atoms with Crippen molar-refractivity contribution < 1.29 is 22.4 Å². The van der Waals surface area contributed by atoms with Crippen LogP contribution in [0.3, 0.4) is 0 Å². The Morgan fingerprint density at radius 3 is 2.33 bits per heavy atom. The largest absolute Gasteiger partial charge is 0.450 e. The van der Waals surface area contributed by atoms with Gasteiger partial charge in [-0.1, -0.05) is 5.73 Å². The molecule has 68 valence electrons. The lowest BCUT2D eigenvalue weighted by Gasteiger charge is -1.97. The Balaban J connectivity index is 4.35. The molecule has 0 rings (SSSR count). The number of allylic oxidation sites excluding steroid dienone is 1. The van der Waals surface area contributed by atoms with E-state index in [9.17, 15) is 22.4 Å². The molecule has 0 radical (unpaired) electrons. The van der Waals surface area contributed by atoms with Gasteiger partial charge in [0.25, 0.3) is 0 Å². The SMILES string of the molecule is CC(=O)CC=C=C(F)C(F)(F)F. The van der Waals surface area contributed by atoms with Crippen LogP contribution < -0.4 is 0 Å². The zero-order chi connectivity index (χ0) is 9.78. The molecule has 1 nitrogen and oxygen atoms in total. The molecule has 0 aromatic rings. The summed E-state index contributed by atoms with van der Waals surface area (Å²) < 4.78 is 46.1. The minimum absolute atomic E-state index is 0.247. The molecule has 0 aliphatic carbocycles.